The maximum Gasteiger partial charge on any atom is 0.0594 e. The van der Waals surface area contributed by atoms with E-state index in [9.17, 15) is 10.2 Å². The largest absolute Gasteiger partial charge is 0.393 e. The third kappa shape index (κ3) is 2.88. The molecule has 2 nitrogen and oxygen atoms in total. The standard InChI is InChI=1S/C29H50O2/c1-17-8-12-27(5)13-9-19-24(25(27)18(17)2)20(30)16-22-28(19,6)14-10-21-26(3,4)23(31)11-15-29(21,22)7/h17-25,30-31H,8-16H2,1-7H3. The molecule has 5 aliphatic rings. The minimum atomic E-state index is -0.170. The molecule has 178 valence electrons. The molecule has 0 saturated heterocycles. The maximum atomic E-state index is 11.9. The van der Waals surface area contributed by atoms with Crippen LogP contribution in [-0.2, 0) is 0 Å². The van der Waals surface area contributed by atoms with E-state index in [0.717, 1.165) is 31.1 Å². The highest BCUT2D eigenvalue weighted by Crippen LogP contribution is 2.73. The van der Waals surface area contributed by atoms with Crippen LogP contribution in [0, 0.1) is 63.1 Å². The van der Waals surface area contributed by atoms with E-state index in [1.165, 1.54) is 38.5 Å². The Morgan fingerprint density at radius 3 is 2.06 bits per heavy atom. The van der Waals surface area contributed by atoms with Crippen molar-refractivity contribution in [2.75, 3.05) is 0 Å². The molecule has 5 saturated carbocycles. The van der Waals surface area contributed by atoms with Crippen LogP contribution in [0.15, 0.2) is 0 Å². The van der Waals surface area contributed by atoms with Crippen LogP contribution < -0.4 is 0 Å². The Hall–Kier alpha value is -0.0800. The fraction of sp³-hybridized carbons (Fsp3) is 1.00. The summed E-state index contributed by atoms with van der Waals surface area (Å²) in [6.45, 7) is 17.4. The van der Waals surface area contributed by atoms with E-state index in [2.05, 4.69) is 48.5 Å². The average Bonchev–Trinajstić information content (AvgIpc) is 2.70. The van der Waals surface area contributed by atoms with Crippen LogP contribution in [0.25, 0.3) is 0 Å². The molecule has 0 amide bonds. The van der Waals surface area contributed by atoms with Crippen LogP contribution >= 0.6 is 0 Å². The molecule has 0 aromatic rings. The van der Waals surface area contributed by atoms with Crippen molar-refractivity contribution in [2.45, 2.75) is 118 Å². The van der Waals surface area contributed by atoms with Gasteiger partial charge in [-0.05, 0) is 121 Å². The molecule has 31 heavy (non-hydrogen) atoms. The van der Waals surface area contributed by atoms with Crippen molar-refractivity contribution in [3.8, 4) is 0 Å². The van der Waals surface area contributed by atoms with Crippen LogP contribution in [0.5, 0.6) is 0 Å². The molecule has 0 aromatic carbocycles. The lowest BCUT2D eigenvalue weighted by Crippen LogP contribution is -2.66. The predicted octanol–water partition coefficient (Wildman–Crippen LogP) is 6.69. The van der Waals surface area contributed by atoms with Gasteiger partial charge in [0.05, 0.1) is 12.2 Å². The van der Waals surface area contributed by atoms with E-state index in [0.29, 0.717) is 40.4 Å². The second-order valence-corrected chi connectivity index (χ2v) is 14.6. The molecule has 2 N–H and O–H groups in total. The van der Waals surface area contributed by atoms with Gasteiger partial charge in [0, 0.05) is 0 Å². The molecule has 0 heterocycles. The summed E-state index contributed by atoms with van der Waals surface area (Å²) in [4.78, 5) is 0. The molecule has 5 aliphatic carbocycles. The van der Waals surface area contributed by atoms with Crippen LogP contribution in [0.4, 0.5) is 0 Å². The number of hydrogen-bond donors (Lipinski definition) is 2. The second kappa shape index (κ2) is 6.97. The van der Waals surface area contributed by atoms with Crippen LogP contribution in [0.2, 0.25) is 0 Å². The monoisotopic (exact) mass is 430 g/mol. The lowest BCUT2D eigenvalue weighted by atomic mass is 9.34. The van der Waals surface area contributed by atoms with Crippen molar-refractivity contribution in [1.82, 2.24) is 0 Å². The molecule has 12 atom stereocenters. The van der Waals surface area contributed by atoms with Crippen molar-refractivity contribution in [3.05, 3.63) is 0 Å². The van der Waals surface area contributed by atoms with Gasteiger partial charge >= 0.3 is 0 Å². The van der Waals surface area contributed by atoms with Gasteiger partial charge in [-0.2, -0.15) is 0 Å². The van der Waals surface area contributed by atoms with Crippen LogP contribution in [0.1, 0.15) is 106 Å². The van der Waals surface area contributed by atoms with Gasteiger partial charge in [-0.15, -0.1) is 0 Å². The Balaban J connectivity index is 1.53. The average molecular weight is 431 g/mol. The molecule has 5 fully saturated rings. The molecule has 2 heteroatoms. The zero-order valence-electron chi connectivity index (χ0n) is 21.5. The van der Waals surface area contributed by atoms with Crippen molar-refractivity contribution < 1.29 is 10.2 Å². The number of aliphatic hydroxyl groups is 2. The quantitative estimate of drug-likeness (QED) is 0.450. The summed E-state index contributed by atoms with van der Waals surface area (Å²) in [6.07, 6.45) is 10.8. The van der Waals surface area contributed by atoms with Gasteiger partial charge in [0.25, 0.3) is 0 Å². The van der Waals surface area contributed by atoms with Gasteiger partial charge in [-0.3, -0.25) is 0 Å². The smallest absolute Gasteiger partial charge is 0.0594 e. The molecule has 0 aliphatic heterocycles. The lowest BCUT2D eigenvalue weighted by Gasteiger charge is -2.71. The van der Waals surface area contributed by atoms with Crippen molar-refractivity contribution >= 4 is 0 Å². The van der Waals surface area contributed by atoms with E-state index in [1.807, 2.05) is 0 Å². The molecule has 5 rings (SSSR count). The Bertz CT molecular complexity index is 716. The molecule has 0 aromatic heterocycles. The van der Waals surface area contributed by atoms with Crippen molar-refractivity contribution in [1.29, 1.82) is 0 Å². The molecule has 12 unspecified atom stereocenters. The first-order chi connectivity index (χ1) is 14.4. The van der Waals surface area contributed by atoms with E-state index in [-0.39, 0.29) is 23.0 Å². The predicted molar refractivity (Wildman–Crippen MR) is 127 cm³/mol. The molecule has 0 bridgehead atoms. The highest BCUT2D eigenvalue weighted by atomic mass is 16.3. The second-order valence-electron chi connectivity index (χ2n) is 14.6. The number of aliphatic hydroxyl groups excluding tert-OH is 2. The Morgan fingerprint density at radius 2 is 1.35 bits per heavy atom. The zero-order valence-corrected chi connectivity index (χ0v) is 21.5. The van der Waals surface area contributed by atoms with Crippen molar-refractivity contribution in [2.24, 2.45) is 63.1 Å². The van der Waals surface area contributed by atoms with Crippen molar-refractivity contribution in [3.63, 3.8) is 0 Å². The summed E-state index contributed by atoms with van der Waals surface area (Å²) in [5.41, 5.74) is 1.05. The molecular formula is C29H50O2. The summed E-state index contributed by atoms with van der Waals surface area (Å²) in [5, 5.41) is 22.7. The van der Waals surface area contributed by atoms with Gasteiger partial charge in [0.15, 0.2) is 0 Å². The minimum absolute atomic E-state index is 0.00537. The molecule has 0 spiro atoms. The third-order valence-corrected chi connectivity index (χ3v) is 13.2. The lowest BCUT2D eigenvalue weighted by molar-refractivity contribution is -0.247. The van der Waals surface area contributed by atoms with Crippen LogP contribution in [-0.4, -0.2) is 22.4 Å². The van der Waals surface area contributed by atoms with Crippen LogP contribution in [0.3, 0.4) is 0 Å². The van der Waals surface area contributed by atoms with E-state index in [1.54, 1.807) is 0 Å². The zero-order chi connectivity index (χ0) is 22.6. The SMILES string of the molecule is CC1CCC2(C)CCC3C(C(O)CC4C3(C)CCC3C(C)(C)C(O)CCC34C)C2C1C. The fourth-order valence-electron chi connectivity index (χ4n) is 11.2. The first kappa shape index (κ1) is 22.7. The number of rotatable bonds is 0. The van der Waals surface area contributed by atoms with Gasteiger partial charge in [0.1, 0.15) is 0 Å². The number of fused-ring (bicyclic) bond motifs is 7. The van der Waals surface area contributed by atoms with Gasteiger partial charge in [-0.25, -0.2) is 0 Å². The summed E-state index contributed by atoms with van der Waals surface area (Å²) in [5.74, 6) is 4.58. The van der Waals surface area contributed by atoms with E-state index >= 15 is 0 Å². The van der Waals surface area contributed by atoms with E-state index < -0.39 is 0 Å². The highest BCUT2D eigenvalue weighted by molar-refractivity contribution is 5.16. The first-order valence-electron chi connectivity index (χ1n) is 13.7. The summed E-state index contributed by atoms with van der Waals surface area (Å²) < 4.78 is 0. The molecular weight excluding hydrogens is 380 g/mol. The van der Waals surface area contributed by atoms with Gasteiger partial charge in [-0.1, -0.05) is 48.5 Å². The molecule has 0 radical (unpaired) electrons. The summed E-state index contributed by atoms with van der Waals surface area (Å²) in [6, 6.07) is 0. The fourth-order valence-corrected chi connectivity index (χ4v) is 11.2. The number of hydrogen-bond acceptors (Lipinski definition) is 2. The highest BCUT2D eigenvalue weighted by Gasteiger charge is 2.67. The minimum Gasteiger partial charge on any atom is -0.393 e. The Kier molecular flexibility index (Phi) is 5.10. The Labute approximate surface area is 192 Å². The third-order valence-electron chi connectivity index (χ3n) is 13.2. The van der Waals surface area contributed by atoms with Gasteiger partial charge < -0.3 is 10.2 Å². The maximum absolute atomic E-state index is 11.9. The summed E-state index contributed by atoms with van der Waals surface area (Å²) in [7, 11) is 0. The summed E-state index contributed by atoms with van der Waals surface area (Å²) >= 11 is 0. The van der Waals surface area contributed by atoms with E-state index in [4.69, 9.17) is 0 Å². The van der Waals surface area contributed by atoms with Gasteiger partial charge in [0.2, 0.25) is 0 Å². The topological polar surface area (TPSA) is 40.5 Å². The first-order valence-corrected chi connectivity index (χ1v) is 13.7. The normalized spacial score (nSPS) is 60.9. The Morgan fingerprint density at radius 1 is 0.710 bits per heavy atom.